The van der Waals surface area contributed by atoms with Crippen molar-refractivity contribution < 1.29 is 24.2 Å². The van der Waals surface area contributed by atoms with Crippen LogP contribution >= 0.6 is 0 Å². The van der Waals surface area contributed by atoms with Gasteiger partial charge in [-0.1, -0.05) is 12.1 Å². The summed E-state index contributed by atoms with van der Waals surface area (Å²) in [5.41, 5.74) is 5.51. The molecule has 0 unspecified atom stereocenters. The van der Waals surface area contributed by atoms with Gasteiger partial charge < -0.3 is 20.3 Å². The Hall–Kier alpha value is -2.50. The van der Waals surface area contributed by atoms with Gasteiger partial charge in [-0.2, -0.15) is 0 Å². The molecule has 0 heterocycles. The van der Waals surface area contributed by atoms with Crippen LogP contribution in [0.3, 0.4) is 0 Å². The zero-order valence-corrected chi connectivity index (χ0v) is 10.5. The van der Waals surface area contributed by atoms with E-state index in [0.29, 0.717) is 23.7 Å². The van der Waals surface area contributed by atoms with E-state index in [1.807, 2.05) is 0 Å². The molecule has 0 aliphatic rings. The van der Waals surface area contributed by atoms with Crippen LogP contribution in [0, 0.1) is 0 Å². The molecule has 0 aliphatic heterocycles. The highest BCUT2D eigenvalue weighted by molar-refractivity contribution is 5.86. The number of ether oxygens (including phenoxy) is 2. The summed E-state index contributed by atoms with van der Waals surface area (Å²) in [4.78, 5) is 21.3. The van der Waals surface area contributed by atoms with Crippen molar-refractivity contribution in [2.75, 3.05) is 13.2 Å². The number of para-hydroxylation sites is 1. The highest BCUT2D eigenvalue weighted by Crippen LogP contribution is 2.32. The summed E-state index contributed by atoms with van der Waals surface area (Å²) >= 11 is 0. The van der Waals surface area contributed by atoms with Crippen LogP contribution in [0.25, 0.3) is 6.08 Å². The Balaban J connectivity index is 3.09. The highest BCUT2D eigenvalue weighted by Gasteiger charge is 2.10. The van der Waals surface area contributed by atoms with Crippen molar-refractivity contribution in [3.63, 3.8) is 0 Å². The van der Waals surface area contributed by atoms with Crippen molar-refractivity contribution in [2.45, 2.75) is 6.92 Å². The molecule has 6 nitrogen and oxygen atoms in total. The van der Waals surface area contributed by atoms with Gasteiger partial charge in [-0.15, -0.1) is 0 Å². The predicted octanol–water partition coefficient (Wildman–Crippen LogP) is 1.05. The quantitative estimate of drug-likeness (QED) is 0.718. The molecule has 1 rings (SSSR count). The maximum atomic E-state index is 10.8. The number of hydrogen-bond acceptors (Lipinski definition) is 4. The zero-order chi connectivity index (χ0) is 14.3. The predicted molar refractivity (Wildman–Crippen MR) is 69.0 cm³/mol. The molecule has 3 N–H and O–H groups in total. The van der Waals surface area contributed by atoms with E-state index in [4.69, 9.17) is 20.3 Å². The number of amides is 1. The van der Waals surface area contributed by atoms with Crippen LogP contribution in [-0.4, -0.2) is 30.2 Å². The third-order valence-corrected chi connectivity index (χ3v) is 2.07. The van der Waals surface area contributed by atoms with Gasteiger partial charge in [0.05, 0.1) is 6.61 Å². The second-order valence-corrected chi connectivity index (χ2v) is 3.53. The molecular weight excluding hydrogens is 250 g/mol. The van der Waals surface area contributed by atoms with Gasteiger partial charge in [0, 0.05) is 11.6 Å². The average molecular weight is 265 g/mol. The Labute approximate surface area is 110 Å². The van der Waals surface area contributed by atoms with Crippen LogP contribution in [0.15, 0.2) is 24.3 Å². The largest absolute Gasteiger partial charge is 0.490 e. The minimum Gasteiger partial charge on any atom is -0.490 e. The highest BCUT2D eigenvalue weighted by atomic mass is 16.5. The summed E-state index contributed by atoms with van der Waals surface area (Å²) in [7, 11) is 0. The first-order chi connectivity index (χ1) is 9.04. The lowest BCUT2D eigenvalue weighted by atomic mass is 10.1. The molecule has 6 heteroatoms. The smallest absolute Gasteiger partial charge is 0.328 e. The van der Waals surface area contributed by atoms with Crippen molar-refractivity contribution >= 4 is 18.0 Å². The molecule has 1 amide bonds. The fourth-order valence-corrected chi connectivity index (χ4v) is 1.39. The number of nitrogens with two attached hydrogens (primary N) is 1. The molecule has 0 spiro atoms. The van der Waals surface area contributed by atoms with Crippen LogP contribution in [0.2, 0.25) is 0 Å². The van der Waals surface area contributed by atoms with Gasteiger partial charge >= 0.3 is 5.97 Å². The van der Waals surface area contributed by atoms with Gasteiger partial charge in [-0.05, 0) is 19.1 Å². The molecule has 0 fully saturated rings. The van der Waals surface area contributed by atoms with Gasteiger partial charge in [0.1, 0.15) is 0 Å². The fourth-order valence-electron chi connectivity index (χ4n) is 1.39. The molecule has 19 heavy (non-hydrogen) atoms. The third-order valence-electron chi connectivity index (χ3n) is 2.07. The topological polar surface area (TPSA) is 98.8 Å². The molecule has 0 atom stereocenters. The zero-order valence-electron chi connectivity index (χ0n) is 10.5. The van der Waals surface area contributed by atoms with Crippen LogP contribution in [0.1, 0.15) is 12.5 Å². The summed E-state index contributed by atoms with van der Waals surface area (Å²) in [5, 5.41) is 8.62. The lowest BCUT2D eigenvalue weighted by Gasteiger charge is -2.13. The maximum absolute atomic E-state index is 10.8. The summed E-state index contributed by atoms with van der Waals surface area (Å²) in [6.45, 7) is 1.91. The van der Waals surface area contributed by atoms with E-state index < -0.39 is 11.9 Å². The number of rotatable bonds is 7. The number of benzene rings is 1. The fraction of sp³-hybridized carbons (Fsp3) is 0.231. The standard InChI is InChI=1S/C13H15NO5/c1-2-18-10-5-3-4-9(6-7-12(16)17)13(10)19-8-11(14)15/h3-7H,2,8H2,1H3,(H2,14,15)(H,16,17)/b7-6+. The lowest BCUT2D eigenvalue weighted by Crippen LogP contribution is -2.20. The number of aliphatic carboxylic acids is 1. The molecule has 1 aromatic rings. The van der Waals surface area contributed by atoms with Crippen molar-refractivity contribution in [3.05, 3.63) is 29.8 Å². The number of carbonyl (C=O) groups is 2. The third kappa shape index (κ3) is 4.71. The Kier molecular flexibility index (Phi) is 5.40. The van der Waals surface area contributed by atoms with Gasteiger partial charge in [0.25, 0.3) is 5.91 Å². The number of carboxylic acids is 1. The Morgan fingerprint density at radius 2 is 2.11 bits per heavy atom. The number of primary amides is 1. The van der Waals surface area contributed by atoms with E-state index in [9.17, 15) is 9.59 Å². The molecule has 0 bridgehead atoms. The van der Waals surface area contributed by atoms with Crippen molar-refractivity contribution in [2.24, 2.45) is 5.73 Å². The van der Waals surface area contributed by atoms with E-state index in [1.165, 1.54) is 6.08 Å². The molecule has 0 saturated heterocycles. The van der Waals surface area contributed by atoms with Crippen LogP contribution < -0.4 is 15.2 Å². The summed E-state index contributed by atoms with van der Waals surface area (Å²) in [5.74, 6) is -0.987. The van der Waals surface area contributed by atoms with Gasteiger partial charge in [-0.25, -0.2) is 4.79 Å². The normalized spacial score (nSPS) is 10.4. The number of hydrogen-bond donors (Lipinski definition) is 2. The van der Waals surface area contributed by atoms with Crippen LogP contribution in [-0.2, 0) is 9.59 Å². The minimum absolute atomic E-state index is 0.292. The monoisotopic (exact) mass is 265 g/mol. The maximum Gasteiger partial charge on any atom is 0.328 e. The summed E-state index contributed by atoms with van der Waals surface area (Å²) < 4.78 is 10.6. The number of carbonyl (C=O) groups excluding carboxylic acids is 1. The van der Waals surface area contributed by atoms with E-state index in [1.54, 1.807) is 25.1 Å². The number of carboxylic acid groups (broad SMARTS) is 1. The molecule has 0 aromatic heterocycles. The Bertz CT molecular complexity index is 496. The van der Waals surface area contributed by atoms with Crippen molar-refractivity contribution in [3.8, 4) is 11.5 Å². The second-order valence-electron chi connectivity index (χ2n) is 3.53. The SMILES string of the molecule is CCOc1cccc(/C=C/C(=O)O)c1OCC(N)=O. The van der Waals surface area contributed by atoms with Crippen molar-refractivity contribution in [1.29, 1.82) is 0 Å². The molecular formula is C13H15NO5. The molecule has 0 radical (unpaired) electrons. The lowest BCUT2D eigenvalue weighted by molar-refractivity contribution is -0.131. The Morgan fingerprint density at radius 3 is 2.68 bits per heavy atom. The summed E-state index contributed by atoms with van der Waals surface area (Å²) in [6.07, 6.45) is 2.34. The minimum atomic E-state index is -1.08. The molecule has 1 aromatic carbocycles. The van der Waals surface area contributed by atoms with Crippen LogP contribution in [0.4, 0.5) is 0 Å². The van der Waals surface area contributed by atoms with E-state index >= 15 is 0 Å². The molecule has 102 valence electrons. The first-order valence-corrected chi connectivity index (χ1v) is 5.62. The van der Waals surface area contributed by atoms with Gasteiger partial charge in [0.2, 0.25) is 0 Å². The van der Waals surface area contributed by atoms with E-state index in [-0.39, 0.29) is 6.61 Å². The van der Waals surface area contributed by atoms with Gasteiger partial charge in [-0.3, -0.25) is 4.79 Å². The molecule has 0 saturated carbocycles. The average Bonchev–Trinajstić information content (AvgIpc) is 2.35. The first kappa shape index (κ1) is 14.6. The summed E-state index contributed by atoms with van der Waals surface area (Å²) in [6, 6.07) is 5.01. The Morgan fingerprint density at radius 1 is 1.37 bits per heavy atom. The van der Waals surface area contributed by atoms with Gasteiger partial charge in [0.15, 0.2) is 18.1 Å². The van der Waals surface area contributed by atoms with Crippen LogP contribution in [0.5, 0.6) is 11.5 Å². The van der Waals surface area contributed by atoms with Crippen molar-refractivity contribution in [1.82, 2.24) is 0 Å². The van der Waals surface area contributed by atoms with E-state index in [0.717, 1.165) is 6.08 Å². The molecule has 0 aliphatic carbocycles. The second kappa shape index (κ2) is 7.05. The van der Waals surface area contributed by atoms with E-state index in [2.05, 4.69) is 0 Å². The first-order valence-electron chi connectivity index (χ1n) is 5.62.